The fourth-order valence-electron chi connectivity index (χ4n) is 2.19. The number of carbonyl (C=O) groups is 2. The number of piperidine rings is 1. The lowest BCUT2D eigenvalue weighted by Crippen LogP contribution is -2.43. The van der Waals surface area contributed by atoms with E-state index in [-0.39, 0.29) is 18.2 Å². The number of aromatic nitrogens is 1. The molecule has 1 saturated heterocycles. The molecule has 0 bridgehead atoms. The Morgan fingerprint density at radius 1 is 1.27 bits per heavy atom. The van der Waals surface area contributed by atoms with Crippen LogP contribution in [0.4, 0.5) is 4.79 Å². The maximum atomic E-state index is 12.0. The first kappa shape index (κ1) is 16.3. The van der Waals surface area contributed by atoms with Crippen LogP contribution in [0.25, 0.3) is 0 Å². The van der Waals surface area contributed by atoms with Crippen molar-refractivity contribution in [2.24, 2.45) is 0 Å². The van der Waals surface area contributed by atoms with Crippen LogP contribution in [0.15, 0.2) is 24.5 Å². The number of ether oxygens (including phenoxy) is 2. The lowest BCUT2D eigenvalue weighted by atomic mass is 10.1. The second-order valence-electron chi connectivity index (χ2n) is 6.31. The highest BCUT2D eigenvalue weighted by Crippen LogP contribution is 2.18. The third kappa shape index (κ3) is 4.72. The van der Waals surface area contributed by atoms with E-state index in [2.05, 4.69) is 4.98 Å². The van der Waals surface area contributed by atoms with Gasteiger partial charge < -0.3 is 14.4 Å². The highest BCUT2D eigenvalue weighted by atomic mass is 16.6. The molecule has 0 spiro atoms. The van der Waals surface area contributed by atoms with Crippen LogP contribution >= 0.6 is 0 Å². The van der Waals surface area contributed by atoms with Gasteiger partial charge in [0.05, 0.1) is 5.56 Å². The summed E-state index contributed by atoms with van der Waals surface area (Å²) >= 11 is 0. The maximum Gasteiger partial charge on any atom is 0.410 e. The molecular formula is C16H22N2O4. The van der Waals surface area contributed by atoms with Gasteiger partial charge in [-0.25, -0.2) is 9.59 Å². The van der Waals surface area contributed by atoms with Crippen molar-refractivity contribution >= 4 is 12.1 Å². The molecule has 1 fully saturated rings. The number of nitrogens with zero attached hydrogens (tertiary/aromatic N) is 2. The van der Waals surface area contributed by atoms with Gasteiger partial charge in [0.25, 0.3) is 0 Å². The number of hydrogen-bond donors (Lipinski definition) is 0. The van der Waals surface area contributed by atoms with Crippen molar-refractivity contribution in [3.05, 3.63) is 30.1 Å². The molecule has 0 aromatic carbocycles. The van der Waals surface area contributed by atoms with Crippen molar-refractivity contribution < 1.29 is 19.1 Å². The summed E-state index contributed by atoms with van der Waals surface area (Å²) in [4.78, 5) is 29.5. The largest absolute Gasteiger partial charge is 0.459 e. The van der Waals surface area contributed by atoms with Gasteiger partial charge in [-0.3, -0.25) is 4.98 Å². The topological polar surface area (TPSA) is 68.7 Å². The summed E-state index contributed by atoms with van der Waals surface area (Å²) in [6, 6.07) is 3.37. The average Bonchev–Trinajstić information content (AvgIpc) is 2.47. The van der Waals surface area contributed by atoms with Crippen LogP contribution in [-0.4, -0.2) is 46.7 Å². The van der Waals surface area contributed by atoms with Crippen molar-refractivity contribution in [3.63, 3.8) is 0 Å². The zero-order valence-electron chi connectivity index (χ0n) is 13.2. The monoisotopic (exact) mass is 306 g/mol. The normalized spacial score (nSPS) is 16.2. The van der Waals surface area contributed by atoms with Gasteiger partial charge >= 0.3 is 12.1 Å². The van der Waals surface area contributed by atoms with Crippen LogP contribution in [0.2, 0.25) is 0 Å². The van der Waals surface area contributed by atoms with Crippen LogP contribution in [0.3, 0.4) is 0 Å². The van der Waals surface area contributed by atoms with Crippen LogP contribution in [0.1, 0.15) is 44.0 Å². The molecule has 6 nitrogen and oxygen atoms in total. The van der Waals surface area contributed by atoms with E-state index in [1.807, 2.05) is 20.8 Å². The van der Waals surface area contributed by atoms with Crippen LogP contribution in [0.5, 0.6) is 0 Å². The molecule has 1 aliphatic heterocycles. The molecule has 120 valence electrons. The van der Waals surface area contributed by atoms with E-state index in [1.54, 1.807) is 23.2 Å². The third-order valence-corrected chi connectivity index (χ3v) is 3.26. The predicted molar refractivity (Wildman–Crippen MR) is 80.5 cm³/mol. The van der Waals surface area contributed by atoms with E-state index in [0.29, 0.717) is 31.5 Å². The second-order valence-corrected chi connectivity index (χ2v) is 6.31. The number of rotatable bonds is 2. The third-order valence-electron chi connectivity index (χ3n) is 3.26. The molecule has 0 N–H and O–H groups in total. The minimum absolute atomic E-state index is 0.175. The molecule has 0 unspecified atom stereocenters. The van der Waals surface area contributed by atoms with E-state index in [9.17, 15) is 9.59 Å². The summed E-state index contributed by atoms with van der Waals surface area (Å²) in [5.74, 6) is -0.371. The molecule has 2 rings (SSSR count). The summed E-state index contributed by atoms with van der Waals surface area (Å²) in [5.41, 5.74) is -0.0576. The Balaban J connectivity index is 1.80. The standard InChI is InChI=1S/C16H22N2O4/c1-16(2,3)22-15(20)18-9-6-13(7-10-18)21-14(19)12-5-4-8-17-11-12/h4-5,8,11,13H,6-7,9-10H2,1-3H3. The van der Waals surface area contributed by atoms with E-state index in [4.69, 9.17) is 9.47 Å². The van der Waals surface area contributed by atoms with Crippen molar-refractivity contribution in [2.75, 3.05) is 13.1 Å². The number of amides is 1. The molecule has 0 saturated carbocycles. The van der Waals surface area contributed by atoms with Crippen molar-refractivity contribution in [1.82, 2.24) is 9.88 Å². The summed E-state index contributed by atoms with van der Waals surface area (Å²) in [6.45, 7) is 6.58. The Kier molecular flexibility index (Phi) is 5.00. The Hall–Kier alpha value is -2.11. The zero-order chi connectivity index (χ0) is 16.2. The number of likely N-dealkylation sites (tertiary alicyclic amines) is 1. The van der Waals surface area contributed by atoms with E-state index < -0.39 is 5.60 Å². The highest BCUT2D eigenvalue weighted by Gasteiger charge is 2.28. The quantitative estimate of drug-likeness (QED) is 0.786. The lowest BCUT2D eigenvalue weighted by molar-refractivity contribution is -0.00341. The first-order chi connectivity index (χ1) is 10.3. The van der Waals surface area contributed by atoms with Gasteiger partial charge in [-0.1, -0.05) is 0 Å². The van der Waals surface area contributed by atoms with E-state index in [1.165, 1.54) is 6.20 Å². The minimum Gasteiger partial charge on any atom is -0.459 e. The molecule has 0 aliphatic carbocycles. The molecule has 1 aliphatic rings. The predicted octanol–water partition coefficient (Wildman–Crippen LogP) is 2.64. The fraction of sp³-hybridized carbons (Fsp3) is 0.562. The zero-order valence-corrected chi connectivity index (χ0v) is 13.2. The Labute approximate surface area is 130 Å². The molecule has 0 atom stereocenters. The van der Waals surface area contributed by atoms with Gasteiger partial charge in [0, 0.05) is 38.3 Å². The number of esters is 1. The van der Waals surface area contributed by atoms with Crippen LogP contribution in [0, 0.1) is 0 Å². The molecule has 1 aromatic heterocycles. The average molecular weight is 306 g/mol. The smallest absolute Gasteiger partial charge is 0.410 e. The Bertz CT molecular complexity index is 517. The molecule has 22 heavy (non-hydrogen) atoms. The van der Waals surface area contributed by atoms with Crippen LogP contribution in [-0.2, 0) is 9.47 Å². The molecular weight excluding hydrogens is 284 g/mol. The SMILES string of the molecule is CC(C)(C)OC(=O)N1CCC(OC(=O)c2cccnc2)CC1. The number of hydrogen-bond acceptors (Lipinski definition) is 5. The number of pyridine rings is 1. The van der Waals surface area contributed by atoms with Crippen molar-refractivity contribution in [2.45, 2.75) is 45.3 Å². The summed E-state index contributed by atoms with van der Waals surface area (Å²) < 4.78 is 10.8. The summed E-state index contributed by atoms with van der Waals surface area (Å²) in [7, 11) is 0. The minimum atomic E-state index is -0.499. The number of carbonyl (C=O) groups excluding carboxylic acids is 2. The van der Waals surface area contributed by atoms with Gasteiger partial charge in [-0.15, -0.1) is 0 Å². The van der Waals surface area contributed by atoms with E-state index in [0.717, 1.165) is 0 Å². The molecule has 1 amide bonds. The van der Waals surface area contributed by atoms with Gasteiger partial charge in [0.1, 0.15) is 11.7 Å². The van der Waals surface area contributed by atoms with Gasteiger partial charge in [-0.05, 0) is 32.9 Å². The summed E-state index contributed by atoms with van der Waals surface area (Å²) in [5, 5.41) is 0. The first-order valence-electron chi connectivity index (χ1n) is 7.44. The van der Waals surface area contributed by atoms with Gasteiger partial charge in [-0.2, -0.15) is 0 Å². The van der Waals surface area contributed by atoms with E-state index >= 15 is 0 Å². The first-order valence-corrected chi connectivity index (χ1v) is 7.44. The summed E-state index contributed by atoms with van der Waals surface area (Å²) in [6.07, 6.45) is 3.83. The Morgan fingerprint density at radius 2 is 1.95 bits per heavy atom. The lowest BCUT2D eigenvalue weighted by Gasteiger charge is -2.33. The highest BCUT2D eigenvalue weighted by molar-refractivity contribution is 5.89. The van der Waals surface area contributed by atoms with Crippen LogP contribution < -0.4 is 0 Å². The van der Waals surface area contributed by atoms with Crippen molar-refractivity contribution in [1.29, 1.82) is 0 Å². The van der Waals surface area contributed by atoms with Gasteiger partial charge in [0.2, 0.25) is 0 Å². The molecule has 0 radical (unpaired) electrons. The second kappa shape index (κ2) is 6.77. The molecule has 2 heterocycles. The molecule has 6 heteroatoms. The molecule has 1 aromatic rings. The van der Waals surface area contributed by atoms with Gasteiger partial charge in [0.15, 0.2) is 0 Å². The fourth-order valence-corrected chi connectivity index (χ4v) is 2.19. The van der Waals surface area contributed by atoms with Crippen molar-refractivity contribution in [3.8, 4) is 0 Å². The maximum absolute atomic E-state index is 12.0. The Morgan fingerprint density at radius 3 is 2.50 bits per heavy atom.